The fraction of sp³-hybridized carbons (Fsp3) is 0.344. The van der Waals surface area contributed by atoms with Crippen molar-refractivity contribution in [3.63, 3.8) is 0 Å². The van der Waals surface area contributed by atoms with E-state index < -0.39 is 10.4 Å². The molecule has 1 unspecified atom stereocenters. The molecule has 1 aliphatic heterocycles. The van der Waals surface area contributed by atoms with E-state index in [0.29, 0.717) is 6.54 Å². The molecule has 2 fully saturated rings. The summed E-state index contributed by atoms with van der Waals surface area (Å²) >= 11 is 13.7. The lowest BCUT2D eigenvalue weighted by atomic mass is 9.90. The van der Waals surface area contributed by atoms with Crippen LogP contribution >= 0.6 is 23.2 Å². The molecule has 0 spiro atoms. The maximum atomic E-state index is 10.8. The van der Waals surface area contributed by atoms with Crippen LogP contribution in [0, 0.1) is 0 Å². The number of fused-ring (bicyclic) bond motifs is 6. The van der Waals surface area contributed by atoms with Gasteiger partial charge in [0.2, 0.25) is 0 Å². The largest absolute Gasteiger partial charge is 0.490 e. The molecular weight excluding hydrogens is 529 g/mol. The van der Waals surface area contributed by atoms with E-state index in [0.717, 1.165) is 42.8 Å². The van der Waals surface area contributed by atoms with Crippen LogP contribution in [0.5, 0.6) is 5.75 Å². The van der Waals surface area contributed by atoms with Crippen molar-refractivity contribution in [2.45, 2.75) is 28.3 Å². The number of rotatable bonds is 6. The summed E-state index contributed by atoms with van der Waals surface area (Å²) in [4.78, 5) is 9.30. The summed E-state index contributed by atoms with van der Waals surface area (Å²) in [6.45, 7) is 4.44. The molecule has 1 saturated carbocycles. The number of alkyl halides is 2. The minimum atomic E-state index is -0.753. The number of hydrogen-bond acceptors (Lipinski definition) is 5. The third kappa shape index (κ3) is 4.51. The summed E-state index contributed by atoms with van der Waals surface area (Å²) in [5.41, 5.74) is 6.06. The van der Waals surface area contributed by atoms with E-state index >= 15 is 0 Å². The Bertz CT molecular complexity index is 1440. The lowest BCUT2D eigenvalue weighted by molar-refractivity contribution is 0.0403. The number of pyridine rings is 1. The van der Waals surface area contributed by atoms with Crippen LogP contribution in [0.3, 0.4) is 0 Å². The maximum Gasteiger partial charge on any atom is 0.133 e. The van der Waals surface area contributed by atoms with E-state index in [-0.39, 0.29) is 24.5 Å². The summed E-state index contributed by atoms with van der Waals surface area (Å²) in [6.07, 6.45) is 1.20. The predicted octanol–water partition coefficient (Wildman–Crippen LogP) is 5.75. The summed E-state index contributed by atoms with van der Waals surface area (Å²) in [5, 5.41) is 11.8. The minimum absolute atomic E-state index is 0.122. The van der Waals surface area contributed by atoms with Crippen molar-refractivity contribution in [3.05, 3.63) is 107 Å². The average molecular weight is 561 g/mol. The zero-order chi connectivity index (χ0) is 26.6. The third-order valence-electron chi connectivity index (χ3n) is 8.58. The smallest absolute Gasteiger partial charge is 0.133 e. The van der Waals surface area contributed by atoms with Crippen molar-refractivity contribution < 1.29 is 9.84 Å². The minimum Gasteiger partial charge on any atom is -0.490 e. The van der Waals surface area contributed by atoms with Gasteiger partial charge in [-0.05, 0) is 46.5 Å². The Morgan fingerprint density at radius 3 is 2.13 bits per heavy atom. The van der Waals surface area contributed by atoms with Gasteiger partial charge in [-0.1, -0.05) is 54.6 Å². The Balaban J connectivity index is 1.04. The molecule has 200 valence electrons. The number of ether oxygens (including phenoxy) is 1. The van der Waals surface area contributed by atoms with Crippen LogP contribution in [0.25, 0.3) is 10.9 Å². The average Bonchev–Trinajstić information content (AvgIpc) is 3.58. The van der Waals surface area contributed by atoms with Crippen molar-refractivity contribution in [3.8, 4) is 5.75 Å². The Hall–Kier alpha value is -2.67. The fourth-order valence-electron chi connectivity index (χ4n) is 6.69. The zero-order valence-corrected chi connectivity index (χ0v) is 23.1. The molecule has 1 saturated heterocycles. The first kappa shape index (κ1) is 25.3. The molecule has 0 radical (unpaired) electrons. The van der Waals surface area contributed by atoms with Gasteiger partial charge in [0.05, 0.1) is 11.6 Å². The van der Waals surface area contributed by atoms with Crippen LogP contribution < -0.4 is 4.74 Å². The van der Waals surface area contributed by atoms with Crippen molar-refractivity contribution >= 4 is 34.1 Å². The first-order valence-corrected chi connectivity index (χ1v) is 14.4. The SMILES string of the molecule is O[C@@H](COc1cccc2ncccc12)CN1CCN(C2c3ccccc3[C@@H]3[C@H](c4ccccc42)C3(Cl)Cl)CC1. The van der Waals surface area contributed by atoms with Crippen LogP contribution in [0.15, 0.2) is 85.1 Å². The van der Waals surface area contributed by atoms with Crippen LogP contribution in [0.4, 0.5) is 0 Å². The molecule has 4 atom stereocenters. The van der Waals surface area contributed by atoms with Crippen LogP contribution in [0.2, 0.25) is 0 Å². The van der Waals surface area contributed by atoms with Crippen molar-refractivity contribution in [1.82, 2.24) is 14.8 Å². The van der Waals surface area contributed by atoms with Gasteiger partial charge in [-0.15, -0.1) is 23.2 Å². The van der Waals surface area contributed by atoms with Gasteiger partial charge in [0.25, 0.3) is 0 Å². The second-order valence-electron chi connectivity index (χ2n) is 10.9. The molecule has 3 aliphatic rings. The molecule has 39 heavy (non-hydrogen) atoms. The highest BCUT2D eigenvalue weighted by Gasteiger charge is 2.66. The predicted molar refractivity (Wildman–Crippen MR) is 156 cm³/mol. The number of hydrogen-bond donors (Lipinski definition) is 1. The highest BCUT2D eigenvalue weighted by molar-refractivity contribution is 6.52. The molecule has 1 aromatic heterocycles. The Labute approximate surface area is 238 Å². The molecule has 2 aliphatic carbocycles. The Morgan fingerprint density at radius 1 is 0.821 bits per heavy atom. The number of piperazine rings is 1. The monoisotopic (exact) mass is 559 g/mol. The molecule has 0 amide bonds. The number of aliphatic hydroxyl groups excluding tert-OH is 1. The lowest BCUT2D eigenvalue weighted by Crippen LogP contribution is -2.50. The second kappa shape index (κ2) is 10.1. The number of halogens is 2. The summed E-state index contributed by atoms with van der Waals surface area (Å²) < 4.78 is 5.26. The summed E-state index contributed by atoms with van der Waals surface area (Å²) in [7, 11) is 0. The van der Waals surface area contributed by atoms with E-state index in [9.17, 15) is 5.11 Å². The number of nitrogens with zero attached hydrogens (tertiary/aromatic N) is 3. The number of β-amino-alcohol motifs (C(OH)–C–C–N with tert-alkyl or cyclic N) is 1. The number of benzene rings is 3. The van der Waals surface area contributed by atoms with Gasteiger partial charge in [0.15, 0.2) is 0 Å². The highest BCUT2D eigenvalue weighted by atomic mass is 35.5. The van der Waals surface area contributed by atoms with E-state index in [4.69, 9.17) is 27.9 Å². The van der Waals surface area contributed by atoms with Crippen LogP contribution in [-0.4, -0.2) is 69.7 Å². The van der Waals surface area contributed by atoms with E-state index in [2.05, 4.69) is 63.3 Å². The molecule has 2 heterocycles. The first-order valence-electron chi connectivity index (χ1n) is 13.7. The van der Waals surface area contributed by atoms with E-state index in [1.165, 1.54) is 22.3 Å². The van der Waals surface area contributed by atoms with E-state index in [1.54, 1.807) is 6.20 Å². The van der Waals surface area contributed by atoms with Gasteiger partial charge in [0, 0.05) is 56.1 Å². The normalized spacial score (nSPS) is 24.7. The lowest BCUT2D eigenvalue weighted by Gasteiger charge is -2.41. The van der Waals surface area contributed by atoms with Crippen LogP contribution in [0.1, 0.15) is 40.1 Å². The number of aromatic nitrogens is 1. The van der Waals surface area contributed by atoms with Gasteiger partial charge in [-0.2, -0.15) is 0 Å². The molecule has 1 N–H and O–H groups in total. The summed E-state index contributed by atoms with van der Waals surface area (Å²) in [6, 6.07) is 27.3. The van der Waals surface area contributed by atoms with Gasteiger partial charge in [0.1, 0.15) is 22.8 Å². The molecule has 7 rings (SSSR count). The van der Waals surface area contributed by atoms with Crippen LogP contribution in [-0.2, 0) is 0 Å². The summed E-state index contributed by atoms with van der Waals surface area (Å²) in [5.74, 6) is 1.00. The quantitative estimate of drug-likeness (QED) is 0.305. The molecular formula is C32H31Cl2N3O2. The van der Waals surface area contributed by atoms with Crippen molar-refractivity contribution in [2.24, 2.45) is 0 Å². The van der Waals surface area contributed by atoms with Crippen molar-refractivity contribution in [2.75, 3.05) is 39.3 Å². The molecule has 0 bridgehead atoms. The Morgan fingerprint density at radius 2 is 1.46 bits per heavy atom. The Kier molecular flexibility index (Phi) is 6.53. The first-order chi connectivity index (χ1) is 19.0. The number of aliphatic hydroxyl groups is 1. The van der Waals surface area contributed by atoms with Gasteiger partial charge < -0.3 is 9.84 Å². The third-order valence-corrected chi connectivity index (χ3v) is 9.52. The molecule has 4 aromatic rings. The maximum absolute atomic E-state index is 10.8. The van der Waals surface area contributed by atoms with Gasteiger partial charge in [-0.3, -0.25) is 14.8 Å². The van der Waals surface area contributed by atoms with Crippen molar-refractivity contribution in [1.29, 1.82) is 0 Å². The molecule has 3 aromatic carbocycles. The highest BCUT2D eigenvalue weighted by Crippen LogP contribution is 2.72. The molecule has 5 nitrogen and oxygen atoms in total. The molecule has 7 heteroatoms. The van der Waals surface area contributed by atoms with E-state index in [1.807, 2.05) is 30.3 Å². The van der Waals surface area contributed by atoms with Gasteiger partial charge in [-0.25, -0.2) is 0 Å². The fourth-order valence-corrected chi connectivity index (χ4v) is 7.54. The standard InChI is InChI=1S/C32H31Cl2N3O2/c33-32(34)29-22-7-1-3-9-24(22)31(25-10-4-2-8-23(25)30(29)32)37-17-15-36(16-18-37)19-21(38)20-39-28-13-5-12-27-26(28)11-6-14-35-27/h1-14,21,29-31,38H,15-20H2/t21-,29-,30+,31?/m1/s1. The van der Waals surface area contributed by atoms with Gasteiger partial charge >= 0.3 is 0 Å². The zero-order valence-electron chi connectivity index (χ0n) is 21.6. The topological polar surface area (TPSA) is 48.8 Å². The second-order valence-corrected chi connectivity index (χ2v) is 12.4.